The molecule has 1 fully saturated rings. The maximum Gasteiger partial charge on any atom is 0.317 e. The van der Waals surface area contributed by atoms with Crippen LogP contribution in [0.2, 0.25) is 0 Å². The second kappa shape index (κ2) is 10.1. The van der Waals surface area contributed by atoms with E-state index in [1.54, 1.807) is 4.90 Å². The molecule has 2 rings (SSSR count). The summed E-state index contributed by atoms with van der Waals surface area (Å²) in [5.41, 5.74) is 0. The quantitative estimate of drug-likeness (QED) is 0.697. The molecule has 0 aliphatic carbocycles. The van der Waals surface area contributed by atoms with E-state index in [-0.39, 0.29) is 18.4 Å². The second-order valence-electron chi connectivity index (χ2n) is 5.87. The van der Waals surface area contributed by atoms with Crippen molar-refractivity contribution in [2.45, 2.75) is 25.4 Å². The van der Waals surface area contributed by atoms with E-state index in [1.165, 1.54) is 6.07 Å². The number of carbonyl (C=O) groups is 1. The van der Waals surface area contributed by atoms with Crippen LogP contribution < -0.4 is 10.1 Å². The number of amides is 2. The number of unbranched alkanes of at least 4 members (excludes halogenated alkanes) is 1. The van der Waals surface area contributed by atoms with Crippen molar-refractivity contribution in [3.05, 3.63) is 29.8 Å². The molecule has 1 aliphatic rings. The van der Waals surface area contributed by atoms with Crippen molar-refractivity contribution < 1.29 is 28.2 Å². The lowest BCUT2D eigenvalue weighted by Crippen LogP contribution is -2.46. The number of aliphatic hydroxyl groups excluding tert-OH is 1. The monoisotopic (exact) mass is 358 g/mol. The minimum Gasteiger partial charge on any atom is -0.488 e. The van der Waals surface area contributed by atoms with Crippen LogP contribution in [-0.4, -0.2) is 61.6 Å². The van der Waals surface area contributed by atoms with Gasteiger partial charge in [0.05, 0.1) is 19.3 Å². The highest BCUT2D eigenvalue weighted by molar-refractivity contribution is 5.74. The lowest BCUT2D eigenvalue weighted by Gasteiger charge is -2.26. The number of morpholine rings is 1. The summed E-state index contributed by atoms with van der Waals surface area (Å²) in [7, 11) is 0. The van der Waals surface area contributed by atoms with Crippen molar-refractivity contribution in [3.8, 4) is 5.75 Å². The van der Waals surface area contributed by atoms with Crippen LogP contribution in [0.15, 0.2) is 18.2 Å². The molecule has 0 saturated carbocycles. The van der Waals surface area contributed by atoms with Crippen molar-refractivity contribution in [2.75, 3.05) is 39.5 Å². The van der Waals surface area contributed by atoms with Gasteiger partial charge in [-0.05, 0) is 31.4 Å². The number of carbonyl (C=O) groups excluding carboxylic acids is 1. The molecule has 1 aromatic rings. The fraction of sp³-hybridized carbons (Fsp3) is 0.588. The second-order valence-corrected chi connectivity index (χ2v) is 5.87. The SMILES string of the molecule is O=C(NCCCC[C@H](O)COc1ccc(F)cc1F)N1CCOCC1. The van der Waals surface area contributed by atoms with Crippen molar-refractivity contribution in [1.29, 1.82) is 0 Å². The maximum atomic E-state index is 13.4. The van der Waals surface area contributed by atoms with E-state index in [1.807, 2.05) is 0 Å². The molecule has 6 nitrogen and oxygen atoms in total. The van der Waals surface area contributed by atoms with E-state index < -0.39 is 17.7 Å². The number of aliphatic hydroxyl groups is 1. The van der Waals surface area contributed by atoms with Gasteiger partial charge in [-0.25, -0.2) is 13.6 Å². The van der Waals surface area contributed by atoms with Crippen molar-refractivity contribution in [1.82, 2.24) is 10.2 Å². The number of benzene rings is 1. The zero-order chi connectivity index (χ0) is 18.1. The lowest BCUT2D eigenvalue weighted by atomic mass is 10.1. The van der Waals surface area contributed by atoms with Gasteiger partial charge in [-0.3, -0.25) is 0 Å². The van der Waals surface area contributed by atoms with Gasteiger partial charge in [0.15, 0.2) is 11.6 Å². The molecule has 0 aromatic heterocycles. The van der Waals surface area contributed by atoms with Gasteiger partial charge in [0, 0.05) is 25.7 Å². The number of hydrogen-bond acceptors (Lipinski definition) is 4. The first-order valence-corrected chi connectivity index (χ1v) is 8.42. The van der Waals surface area contributed by atoms with E-state index >= 15 is 0 Å². The largest absolute Gasteiger partial charge is 0.488 e. The van der Waals surface area contributed by atoms with E-state index in [2.05, 4.69) is 5.32 Å². The Kier molecular flexibility index (Phi) is 7.87. The number of ether oxygens (including phenoxy) is 2. The first kappa shape index (κ1) is 19.4. The highest BCUT2D eigenvalue weighted by Gasteiger charge is 2.16. The van der Waals surface area contributed by atoms with E-state index in [0.29, 0.717) is 45.7 Å². The fourth-order valence-corrected chi connectivity index (χ4v) is 2.44. The lowest BCUT2D eigenvalue weighted by molar-refractivity contribution is 0.0532. The van der Waals surface area contributed by atoms with Crippen LogP contribution in [-0.2, 0) is 4.74 Å². The molecule has 1 atom stereocenters. The molecule has 0 spiro atoms. The summed E-state index contributed by atoms with van der Waals surface area (Å²) in [5, 5.41) is 12.7. The van der Waals surface area contributed by atoms with Gasteiger partial charge in [-0.15, -0.1) is 0 Å². The summed E-state index contributed by atoms with van der Waals surface area (Å²) < 4.78 is 36.5. The smallest absolute Gasteiger partial charge is 0.317 e. The molecular formula is C17H24F2N2O4. The Morgan fingerprint density at radius 2 is 2.08 bits per heavy atom. The Hall–Kier alpha value is -1.93. The minimum atomic E-state index is -0.793. The number of rotatable bonds is 8. The van der Waals surface area contributed by atoms with Crippen LogP contribution in [0.25, 0.3) is 0 Å². The predicted molar refractivity (Wildman–Crippen MR) is 87.5 cm³/mol. The van der Waals surface area contributed by atoms with Crippen LogP contribution in [0.3, 0.4) is 0 Å². The van der Waals surface area contributed by atoms with Gasteiger partial charge in [-0.2, -0.15) is 0 Å². The molecule has 8 heteroatoms. The highest BCUT2D eigenvalue weighted by atomic mass is 19.1. The Morgan fingerprint density at radius 1 is 1.32 bits per heavy atom. The topological polar surface area (TPSA) is 71.0 Å². The summed E-state index contributed by atoms with van der Waals surface area (Å²) >= 11 is 0. The summed E-state index contributed by atoms with van der Waals surface area (Å²) in [6, 6.07) is 2.93. The van der Waals surface area contributed by atoms with Crippen molar-refractivity contribution in [2.24, 2.45) is 0 Å². The summed E-state index contributed by atoms with van der Waals surface area (Å²) in [4.78, 5) is 13.5. The third kappa shape index (κ3) is 6.83. The molecule has 140 valence electrons. The van der Waals surface area contributed by atoms with Gasteiger partial charge in [0.2, 0.25) is 0 Å². The van der Waals surface area contributed by atoms with E-state index in [0.717, 1.165) is 18.6 Å². The Bertz CT molecular complexity index is 553. The Labute approximate surface area is 145 Å². The Balaban J connectivity index is 1.54. The Morgan fingerprint density at radius 3 is 2.80 bits per heavy atom. The maximum absolute atomic E-state index is 13.4. The van der Waals surface area contributed by atoms with Crippen LogP contribution in [0.5, 0.6) is 5.75 Å². The number of urea groups is 1. The predicted octanol–water partition coefficient (Wildman–Crippen LogP) is 1.92. The van der Waals surface area contributed by atoms with Crippen LogP contribution in [0.1, 0.15) is 19.3 Å². The molecule has 2 N–H and O–H groups in total. The normalized spacial score (nSPS) is 15.7. The average Bonchev–Trinajstić information content (AvgIpc) is 2.61. The standard InChI is InChI=1S/C17H24F2N2O4/c18-13-4-5-16(15(19)11-13)25-12-14(22)3-1-2-6-20-17(23)21-7-9-24-10-8-21/h4-5,11,14,22H,1-3,6-10,12H2,(H,20,23)/t14-/m0/s1. The van der Waals surface area contributed by atoms with Crippen LogP contribution in [0, 0.1) is 11.6 Å². The summed E-state index contributed by atoms with van der Waals surface area (Å²) in [5.74, 6) is -1.55. The first-order valence-electron chi connectivity index (χ1n) is 8.42. The van der Waals surface area contributed by atoms with Crippen molar-refractivity contribution in [3.63, 3.8) is 0 Å². The van der Waals surface area contributed by atoms with E-state index in [4.69, 9.17) is 9.47 Å². The molecule has 1 aliphatic heterocycles. The zero-order valence-electron chi connectivity index (χ0n) is 14.0. The molecule has 1 heterocycles. The first-order chi connectivity index (χ1) is 12.1. The van der Waals surface area contributed by atoms with Crippen molar-refractivity contribution >= 4 is 6.03 Å². The molecule has 0 unspecified atom stereocenters. The van der Waals surface area contributed by atoms with Crippen LogP contribution >= 0.6 is 0 Å². The number of hydrogen-bond donors (Lipinski definition) is 2. The van der Waals surface area contributed by atoms with Gasteiger partial charge in [0.1, 0.15) is 12.4 Å². The molecule has 0 bridgehead atoms. The van der Waals surface area contributed by atoms with Crippen LogP contribution in [0.4, 0.5) is 13.6 Å². The number of nitrogens with zero attached hydrogens (tertiary/aromatic N) is 1. The highest BCUT2D eigenvalue weighted by Crippen LogP contribution is 2.18. The third-order valence-corrected chi connectivity index (χ3v) is 3.86. The van der Waals surface area contributed by atoms with Gasteiger partial charge >= 0.3 is 6.03 Å². The molecule has 1 saturated heterocycles. The van der Waals surface area contributed by atoms with Gasteiger partial charge in [0.25, 0.3) is 0 Å². The van der Waals surface area contributed by atoms with Gasteiger partial charge < -0.3 is 24.8 Å². The van der Waals surface area contributed by atoms with Gasteiger partial charge in [-0.1, -0.05) is 0 Å². The minimum absolute atomic E-state index is 0.0668. The average molecular weight is 358 g/mol. The molecular weight excluding hydrogens is 334 g/mol. The summed E-state index contributed by atoms with van der Waals surface area (Å²) in [6.07, 6.45) is 1.13. The fourth-order valence-electron chi connectivity index (χ4n) is 2.44. The number of nitrogens with one attached hydrogen (secondary N) is 1. The number of halogens is 2. The summed E-state index contributed by atoms with van der Waals surface area (Å²) in [6.45, 7) is 2.78. The zero-order valence-corrected chi connectivity index (χ0v) is 14.0. The molecule has 0 radical (unpaired) electrons. The molecule has 25 heavy (non-hydrogen) atoms. The third-order valence-electron chi connectivity index (χ3n) is 3.86. The molecule has 2 amide bonds. The van der Waals surface area contributed by atoms with E-state index in [9.17, 15) is 18.7 Å². The molecule has 1 aromatic carbocycles.